The zero-order valence-corrected chi connectivity index (χ0v) is 15.1. The lowest BCUT2D eigenvalue weighted by Gasteiger charge is -2.10. The Morgan fingerprint density at radius 3 is 2.59 bits per heavy atom. The van der Waals surface area contributed by atoms with Crippen LogP contribution < -0.4 is 20.1 Å². The second-order valence-electron chi connectivity index (χ2n) is 5.59. The summed E-state index contributed by atoms with van der Waals surface area (Å²) < 4.78 is 15.7. The summed E-state index contributed by atoms with van der Waals surface area (Å²) in [6, 6.07) is 9.20. The first-order chi connectivity index (χ1) is 13.2. The van der Waals surface area contributed by atoms with Crippen molar-refractivity contribution in [2.45, 2.75) is 13.1 Å². The summed E-state index contributed by atoms with van der Waals surface area (Å²) in [5.74, 6) is 2.25. The molecule has 8 heteroatoms. The fourth-order valence-electron chi connectivity index (χ4n) is 2.39. The molecule has 2 heterocycles. The molecule has 0 radical (unpaired) electrons. The average Bonchev–Trinajstić information content (AvgIpc) is 3.24. The fourth-order valence-corrected chi connectivity index (χ4v) is 2.39. The second kappa shape index (κ2) is 8.70. The Morgan fingerprint density at radius 2 is 1.93 bits per heavy atom. The van der Waals surface area contributed by atoms with Crippen molar-refractivity contribution in [2.24, 2.45) is 0 Å². The summed E-state index contributed by atoms with van der Waals surface area (Å²) in [6.07, 6.45) is 4.50. The number of hydrogen-bond donors (Lipinski definition) is 2. The molecule has 27 heavy (non-hydrogen) atoms. The van der Waals surface area contributed by atoms with E-state index in [1.807, 2.05) is 18.2 Å². The molecule has 0 unspecified atom stereocenters. The number of methoxy groups -OCH3 is 2. The molecule has 0 aliphatic carbocycles. The van der Waals surface area contributed by atoms with E-state index < -0.39 is 0 Å². The molecule has 0 saturated carbocycles. The lowest BCUT2D eigenvalue weighted by Crippen LogP contribution is -2.23. The van der Waals surface area contributed by atoms with Gasteiger partial charge in [0.1, 0.15) is 17.3 Å². The van der Waals surface area contributed by atoms with Gasteiger partial charge in [-0.1, -0.05) is 6.07 Å². The molecule has 0 aliphatic heterocycles. The Kier molecular flexibility index (Phi) is 5.88. The van der Waals surface area contributed by atoms with Gasteiger partial charge >= 0.3 is 0 Å². The van der Waals surface area contributed by atoms with E-state index in [2.05, 4.69) is 20.6 Å². The van der Waals surface area contributed by atoms with Gasteiger partial charge in [-0.2, -0.15) is 0 Å². The Labute approximate surface area is 156 Å². The SMILES string of the molecule is COc1ccc(CNc2cnc(C(=O)NCc3ccco3)cn2)cc1OC. The van der Waals surface area contributed by atoms with E-state index in [9.17, 15) is 4.79 Å². The van der Waals surface area contributed by atoms with Crippen molar-refractivity contribution < 1.29 is 18.7 Å². The molecule has 2 aromatic heterocycles. The standard InChI is InChI=1S/C19H20N4O4/c1-25-16-6-5-13(8-17(16)26-2)9-21-18-12-20-15(11-22-18)19(24)23-10-14-4-3-7-27-14/h3-8,11-12H,9-10H2,1-2H3,(H,21,22)(H,23,24). The Morgan fingerprint density at radius 1 is 1.07 bits per heavy atom. The van der Waals surface area contributed by atoms with E-state index in [-0.39, 0.29) is 11.6 Å². The van der Waals surface area contributed by atoms with Crippen molar-refractivity contribution in [3.05, 3.63) is 66.0 Å². The summed E-state index contributed by atoms with van der Waals surface area (Å²) in [5.41, 5.74) is 1.23. The van der Waals surface area contributed by atoms with Gasteiger partial charge in [0.15, 0.2) is 11.5 Å². The van der Waals surface area contributed by atoms with E-state index >= 15 is 0 Å². The number of nitrogens with zero attached hydrogens (tertiary/aromatic N) is 2. The highest BCUT2D eigenvalue weighted by Gasteiger charge is 2.09. The summed E-state index contributed by atoms with van der Waals surface area (Å²) in [4.78, 5) is 20.4. The number of carbonyl (C=O) groups excluding carboxylic acids is 1. The largest absolute Gasteiger partial charge is 0.493 e. The predicted octanol–water partition coefficient (Wildman–Crippen LogP) is 2.63. The molecule has 3 rings (SSSR count). The van der Waals surface area contributed by atoms with Crippen molar-refractivity contribution >= 4 is 11.7 Å². The lowest BCUT2D eigenvalue weighted by atomic mass is 10.2. The monoisotopic (exact) mass is 368 g/mol. The molecule has 0 fully saturated rings. The van der Waals surface area contributed by atoms with Crippen LogP contribution in [0.15, 0.2) is 53.4 Å². The summed E-state index contributed by atoms with van der Waals surface area (Å²) in [7, 11) is 3.19. The molecule has 1 amide bonds. The second-order valence-corrected chi connectivity index (χ2v) is 5.59. The van der Waals surface area contributed by atoms with Crippen LogP contribution in [-0.2, 0) is 13.1 Å². The van der Waals surface area contributed by atoms with Gasteiger partial charge in [-0.25, -0.2) is 9.97 Å². The number of benzene rings is 1. The van der Waals surface area contributed by atoms with Crippen LogP contribution in [0.5, 0.6) is 11.5 Å². The highest BCUT2D eigenvalue weighted by molar-refractivity contribution is 5.91. The zero-order valence-electron chi connectivity index (χ0n) is 15.1. The van der Waals surface area contributed by atoms with Gasteiger partial charge in [0.05, 0.1) is 39.4 Å². The molecule has 0 spiro atoms. The number of nitrogens with one attached hydrogen (secondary N) is 2. The Bertz CT molecular complexity index is 879. The van der Waals surface area contributed by atoms with Crippen LogP contribution in [0.3, 0.4) is 0 Å². The molecule has 0 saturated heterocycles. The van der Waals surface area contributed by atoms with Gasteiger partial charge in [-0.3, -0.25) is 4.79 Å². The molecule has 2 N–H and O–H groups in total. The van der Waals surface area contributed by atoms with Gasteiger partial charge in [0.25, 0.3) is 5.91 Å². The number of rotatable bonds is 8. The summed E-state index contributed by atoms with van der Waals surface area (Å²) >= 11 is 0. The maximum atomic E-state index is 12.1. The van der Waals surface area contributed by atoms with E-state index in [0.29, 0.717) is 36.2 Å². The first-order valence-corrected chi connectivity index (χ1v) is 8.27. The highest BCUT2D eigenvalue weighted by atomic mass is 16.5. The third-order valence-corrected chi connectivity index (χ3v) is 3.81. The molecule has 3 aromatic rings. The molecular formula is C19H20N4O4. The van der Waals surface area contributed by atoms with E-state index in [4.69, 9.17) is 13.9 Å². The van der Waals surface area contributed by atoms with Crippen LogP contribution in [-0.4, -0.2) is 30.1 Å². The van der Waals surface area contributed by atoms with Crippen LogP contribution in [0.2, 0.25) is 0 Å². The minimum Gasteiger partial charge on any atom is -0.493 e. The Hall–Kier alpha value is -3.55. The number of hydrogen-bond acceptors (Lipinski definition) is 7. The summed E-state index contributed by atoms with van der Waals surface area (Å²) in [5, 5.41) is 5.87. The van der Waals surface area contributed by atoms with E-state index in [1.54, 1.807) is 32.6 Å². The Balaban J connectivity index is 1.55. The molecule has 140 valence electrons. The fraction of sp³-hybridized carbons (Fsp3) is 0.211. The highest BCUT2D eigenvalue weighted by Crippen LogP contribution is 2.27. The smallest absolute Gasteiger partial charge is 0.271 e. The lowest BCUT2D eigenvalue weighted by molar-refractivity contribution is 0.0942. The van der Waals surface area contributed by atoms with Crippen molar-refractivity contribution in [3.63, 3.8) is 0 Å². The molecule has 0 aliphatic rings. The number of carbonyl (C=O) groups is 1. The van der Waals surface area contributed by atoms with Crippen molar-refractivity contribution in [2.75, 3.05) is 19.5 Å². The maximum Gasteiger partial charge on any atom is 0.271 e. The molecule has 1 aromatic carbocycles. The number of aromatic nitrogens is 2. The number of ether oxygens (including phenoxy) is 2. The zero-order chi connectivity index (χ0) is 19.1. The van der Waals surface area contributed by atoms with Crippen LogP contribution in [0.1, 0.15) is 21.8 Å². The van der Waals surface area contributed by atoms with Crippen molar-refractivity contribution in [1.82, 2.24) is 15.3 Å². The van der Waals surface area contributed by atoms with Crippen molar-refractivity contribution in [3.8, 4) is 11.5 Å². The maximum absolute atomic E-state index is 12.1. The normalized spacial score (nSPS) is 10.3. The molecule has 0 atom stereocenters. The minimum absolute atomic E-state index is 0.234. The average molecular weight is 368 g/mol. The quantitative estimate of drug-likeness (QED) is 0.630. The third kappa shape index (κ3) is 4.75. The van der Waals surface area contributed by atoms with Gasteiger partial charge in [0.2, 0.25) is 0 Å². The number of anilines is 1. The number of furan rings is 1. The van der Waals surface area contributed by atoms with Crippen LogP contribution >= 0.6 is 0 Å². The first-order valence-electron chi connectivity index (χ1n) is 8.27. The third-order valence-electron chi connectivity index (χ3n) is 3.81. The molecule has 8 nitrogen and oxygen atoms in total. The first kappa shape index (κ1) is 18.2. The van der Waals surface area contributed by atoms with Crippen molar-refractivity contribution in [1.29, 1.82) is 0 Å². The van der Waals surface area contributed by atoms with Gasteiger partial charge in [-0.05, 0) is 29.8 Å². The van der Waals surface area contributed by atoms with Gasteiger partial charge < -0.3 is 24.5 Å². The van der Waals surface area contributed by atoms with E-state index in [0.717, 1.165) is 5.56 Å². The predicted molar refractivity (Wildman–Crippen MR) is 98.8 cm³/mol. The van der Waals surface area contributed by atoms with Gasteiger partial charge in [0, 0.05) is 6.54 Å². The van der Waals surface area contributed by atoms with E-state index in [1.165, 1.54) is 12.4 Å². The topological polar surface area (TPSA) is 98.5 Å². The molecule has 0 bridgehead atoms. The summed E-state index contributed by atoms with van der Waals surface area (Å²) in [6.45, 7) is 0.825. The van der Waals surface area contributed by atoms with Crippen LogP contribution in [0.4, 0.5) is 5.82 Å². The van der Waals surface area contributed by atoms with Crippen LogP contribution in [0.25, 0.3) is 0 Å². The molecular weight excluding hydrogens is 348 g/mol. The number of amides is 1. The van der Waals surface area contributed by atoms with Crippen LogP contribution in [0, 0.1) is 0 Å². The minimum atomic E-state index is -0.314. The van der Waals surface area contributed by atoms with Gasteiger partial charge in [-0.15, -0.1) is 0 Å².